The fourth-order valence-electron chi connectivity index (χ4n) is 3.79. The lowest BCUT2D eigenvalue weighted by Crippen LogP contribution is -2.45. The largest absolute Gasteiger partial charge is 0.378 e. The van der Waals surface area contributed by atoms with Gasteiger partial charge < -0.3 is 9.64 Å². The van der Waals surface area contributed by atoms with Gasteiger partial charge in [-0.3, -0.25) is 4.79 Å². The van der Waals surface area contributed by atoms with Gasteiger partial charge in [-0.2, -0.15) is 0 Å². The summed E-state index contributed by atoms with van der Waals surface area (Å²) >= 11 is 1.77. The van der Waals surface area contributed by atoms with Gasteiger partial charge in [0.1, 0.15) is 0 Å². The number of thiazole rings is 1. The smallest absolute Gasteiger partial charge is 0.226 e. The summed E-state index contributed by atoms with van der Waals surface area (Å²) in [5.41, 5.74) is 1.07. The van der Waals surface area contributed by atoms with Crippen LogP contribution in [0.3, 0.4) is 0 Å². The third-order valence-corrected chi connectivity index (χ3v) is 6.20. The van der Waals surface area contributed by atoms with Crippen LogP contribution in [0.15, 0.2) is 24.3 Å². The van der Waals surface area contributed by atoms with E-state index >= 15 is 0 Å². The molecule has 0 bridgehead atoms. The Morgan fingerprint density at radius 1 is 1.17 bits per heavy atom. The number of ether oxygens (including phenoxy) is 1. The van der Waals surface area contributed by atoms with E-state index in [-0.39, 0.29) is 11.8 Å². The van der Waals surface area contributed by atoms with Gasteiger partial charge in [0.05, 0.1) is 28.4 Å². The highest BCUT2D eigenvalue weighted by atomic mass is 32.1. The highest BCUT2D eigenvalue weighted by Gasteiger charge is 2.36. The number of hydrogen-bond acceptors (Lipinski definition) is 4. The molecular formula is C18H22N2O2S. The topological polar surface area (TPSA) is 42.4 Å². The fraction of sp³-hybridized carbons (Fsp3) is 0.556. The molecule has 2 aliphatic rings. The summed E-state index contributed by atoms with van der Waals surface area (Å²) in [5, 5.41) is 1.15. The van der Waals surface area contributed by atoms with Crippen molar-refractivity contribution < 1.29 is 9.53 Å². The lowest BCUT2D eigenvalue weighted by atomic mass is 9.78. The van der Waals surface area contributed by atoms with Gasteiger partial charge in [-0.25, -0.2) is 4.98 Å². The highest BCUT2D eigenvalue weighted by Crippen LogP contribution is 2.41. The van der Waals surface area contributed by atoms with Crippen LogP contribution in [0.25, 0.3) is 10.2 Å². The molecule has 1 saturated carbocycles. The van der Waals surface area contributed by atoms with Crippen molar-refractivity contribution in [3.63, 3.8) is 0 Å². The number of hydrogen-bond donors (Lipinski definition) is 0. The van der Waals surface area contributed by atoms with Crippen LogP contribution in [0.4, 0.5) is 0 Å². The number of carbonyl (C=O) groups is 1. The van der Waals surface area contributed by atoms with Crippen LogP contribution >= 0.6 is 11.3 Å². The summed E-state index contributed by atoms with van der Waals surface area (Å²) in [7, 11) is 0. The lowest BCUT2D eigenvalue weighted by Gasteiger charge is -2.35. The van der Waals surface area contributed by atoms with E-state index < -0.39 is 0 Å². The van der Waals surface area contributed by atoms with Gasteiger partial charge in [-0.1, -0.05) is 25.0 Å². The molecule has 1 aromatic heterocycles. The number of nitrogens with zero attached hydrogens (tertiary/aromatic N) is 2. The van der Waals surface area contributed by atoms with Crippen LogP contribution < -0.4 is 0 Å². The molecule has 0 unspecified atom stereocenters. The van der Waals surface area contributed by atoms with Crippen molar-refractivity contribution in [2.24, 2.45) is 5.92 Å². The number of rotatable bonds is 2. The number of aromatic nitrogens is 1. The van der Waals surface area contributed by atoms with Gasteiger partial charge in [0, 0.05) is 24.9 Å². The first-order valence-corrected chi connectivity index (χ1v) is 9.36. The molecule has 122 valence electrons. The normalized spacial score (nSPS) is 25.7. The van der Waals surface area contributed by atoms with E-state index in [1.807, 2.05) is 11.0 Å². The quantitative estimate of drug-likeness (QED) is 0.847. The summed E-state index contributed by atoms with van der Waals surface area (Å²) < 4.78 is 6.61. The van der Waals surface area contributed by atoms with Crippen LogP contribution in [0.2, 0.25) is 0 Å². The van der Waals surface area contributed by atoms with Crippen molar-refractivity contribution in [3.8, 4) is 0 Å². The molecule has 1 aromatic carbocycles. The van der Waals surface area contributed by atoms with Crippen molar-refractivity contribution in [2.45, 2.75) is 31.6 Å². The van der Waals surface area contributed by atoms with Gasteiger partial charge in [0.25, 0.3) is 0 Å². The molecule has 4 rings (SSSR count). The molecule has 2 aromatic rings. The van der Waals surface area contributed by atoms with Crippen molar-refractivity contribution in [1.82, 2.24) is 9.88 Å². The minimum atomic E-state index is 0.0995. The third kappa shape index (κ3) is 3.00. The molecule has 23 heavy (non-hydrogen) atoms. The number of amides is 1. The zero-order chi connectivity index (χ0) is 15.6. The predicted octanol–water partition coefficient (Wildman–Crippen LogP) is 3.43. The second-order valence-corrected chi connectivity index (χ2v) is 7.52. The summed E-state index contributed by atoms with van der Waals surface area (Å²) in [6, 6.07) is 8.28. The summed E-state index contributed by atoms with van der Waals surface area (Å²) in [6.07, 6.45) is 4.44. The Labute approximate surface area is 140 Å². The summed E-state index contributed by atoms with van der Waals surface area (Å²) in [5.74, 6) is 0.705. The standard InChI is InChI=1S/C18H22N2O2S/c21-18(20-9-11-22-12-10-20)14-6-2-1-5-13(14)17-19-15-7-3-4-8-16(15)23-17/h3-4,7-8,13-14H,1-2,5-6,9-12H2/t13-,14-/m1/s1. The van der Waals surface area contributed by atoms with Crippen molar-refractivity contribution in [2.75, 3.05) is 26.3 Å². The number of carbonyl (C=O) groups excluding carboxylic acids is 1. The fourth-order valence-corrected chi connectivity index (χ4v) is 4.96. The summed E-state index contributed by atoms with van der Waals surface area (Å²) in [6.45, 7) is 2.82. The Morgan fingerprint density at radius 2 is 1.96 bits per heavy atom. The lowest BCUT2D eigenvalue weighted by molar-refractivity contribution is -0.141. The monoisotopic (exact) mass is 330 g/mol. The van der Waals surface area contributed by atoms with Crippen LogP contribution in [0, 0.1) is 5.92 Å². The molecule has 0 radical (unpaired) electrons. The number of morpholine rings is 1. The Bertz CT molecular complexity index is 660. The molecule has 5 heteroatoms. The minimum absolute atomic E-state index is 0.0995. The molecule has 2 atom stereocenters. The first-order valence-electron chi connectivity index (χ1n) is 8.55. The van der Waals surface area contributed by atoms with E-state index in [1.54, 1.807) is 11.3 Å². The first kappa shape index (κ1) is 15.1. The molecule has 2 fully saturated rings. The van der Waals surface area contributed by atoms with Gasteiger partial charge in [-0.05, 0) is 25.0 Å². The van der Waals surface area contributed by atoms with Crippen LogP contribution in [-0.2, 0) is 9.53 Å². The second kappa shape index (κ2) is 6.57. The van der Waals surface area contributed by atoms with Crippen LogP contribution in [0.5, 0.6) is 0 Å². The maximum atomic E-state index is 13.0. The number of benzene rings is 1. The molecule has 4 nitrogen and oxygen atoms in total. The van der Waals surface area contributed by atoms with Gasteiger partial charge in [0.2, 0.25) is 5.91 Å². The van der Waals surface area contributed by atoms with Gasteiger partial charge >= 0.3 is 0 Å². The summed E-state index contributed by atoms with van der Waals surface area (Å²) in [4.78, 5) is 19.8. The van der Waals surface area contributed by atoms with Crippen LogP contribution in [-0.4, -0.2) is 42.1 Å². The highest BCUT2D eigenvalue weighted by molar-refractivity contribution is 7.18. The zero-order valence-corrected chi connectivity index (χ0v) is 14.1. The minimum Gasteiger partial charge on any atom is -0.378 e. The maximum Gasteiger partial charge on any atom is 0.226 e. The van der Waals surface area contributed by atoms with Crippen molar-refractivity contribution >= 4 is 27.5 Å². The Balaban J connectivity index is 1.60. The molecule has 1 aliphatic carbocycles. The average Bonchev–Trinajstić information content (AvgIpc) is 3.06. The SMILES string of the molecule is O=C([C@@H]1CCCC[C@H]1c1nc2ccccc2s1)N1CCOCC1. The molecular weight excluding hydrogens is 308 g/mol. The first-order chi connectivity index (χ1) is 11.3. The van der Waals surface area contributed by atoms with Crippen LogP contribution in [0.1, 0.15) is 36.6 Å². The molecule has 1 amide bonds. The van der Waals surface area contributed by atoms with Gasteiger partial charge in [-0.15, -0.1) is 11.3 Å². The average molecular weight is 330 g/mol. The predicted molar refractivity (Wildman–Crippen MR) is 91.7 cm³/mol. The number of fused-ring (bicyclic) bond motifs is 1. The van der Waals surface area contributed by atoms with Gasteiger partial charge in [0.15, 0.2) is 0 Å². The third-order valence-electron chi connectivity index (χ3n) is 5.03. The zero-order valence-electron chi connectivity index (χ0n) is 13.2. The Hall–Kier alpha value is -1.46. The maximum absolute atomic E-state index is 13.0. The number of para-hydroxylation sites is 1. The van der Waals surface area contributed by atoms with Crippen molar-refractivity contribution in [3.05, 3.63) is 29.3 Å². The Kier molecular flexibility index (Phi) is 4.31. The van der Waals surface area contributed by atoms with E-state index in [4.69, 9.17) is 9.72 Å². The molecule has 0 N–H and O–H groups in total. The molecule has 0 spiro atoms. The molecule has 1 aliphatic heterocycles. The van der Waals surface area contributed by atoms with E-state index in [0.717, 1.165) is 42.9 Å². The Morgan fingerprint density at radius 3 is 2.78 bits per heavy atom. The van der Waals surface area contributed by atoms with E-state index in [1.165, 1.54) is 11.1 Å². The second-order valence-electron chi connectivity index (χ2n) is 6.45. The van der Waals surface area contributed by atoms with E-state index in [0.29, 0.717) is 19.1 Å². The van der Waals surface area contributed by atoms with E-state index in [2.05, 4.69) is 18.2 Å². The van der Waals surface area contributed by atoms with E-state index in [9.17, 15) is 4.79 Å². The molecule has 1 saturated heterocycles. The molecule has 2 heterocycles. The van der Waals surface area contributed by atoms with Crippen molar-refractivity contribution in [1.29, 1.82) is 0 Å².